The zero-order valence-electron chi connectivity index (χ0n) is 19.9. The molecule has 0 bridgehead atoms. The number of carbonyl (C=O) groups excluding carboxylic acids is 1. The molecule has 0 saturated heterocycles. The Morgan fingerprint density at radius 1 is 1.06 bits per heavy atom. The maximum Gasteiger partial charge on any atom is 0.322 e. The molecule has 3 aromatic carbocycles. The number of primary sulfonamides is 1. The molecule has 8 heteroatoms. The number of amides is 2. The number of nitrogens with zero attached hydrogens (tertiary/aromatic N) is 2. The van der Waals surface area contributed by atoms with Gasteiger partial charge >= 0.3 is 6.03 Å². The molecule has 36 heavy (non-hydrogen) atoms. The van der Waals surface area contributed by atoms with Crippen LogP contribution in [0.25, 0.3) is 11.1 Å². The zero-order chi connectivity index (χ0) is 25.3. The van der Waals surface area contributed by atoms with Crippen molar-refractivity contribution in [1.29, 1.82) is 5.26 Å². The SMILES string of the molecule is N#CCc1ccccc1-c1ccc2c(c1)C1(CCCC1)CN2C(=O)NCc1ccc(S(N)(=O)=O)cc1. The molecule has 3 aromatic rings. The number of hydrogen-bond donors (Lipinski definition) is 2. The largest absolute Gasteiger partial charge is 0.334 e. The van der Waals surface area contributed by atoms with Gasteiger partial charge in [0.1, 0.15) is 0 Å². The number of benzene rings is 3. The van der Waals surface area contributed by atoms with Crippen molar-refractivity contribution in [3.63, 3.8) is 0 Å². The van der Waals surface area contributed by atoms with Gasteiger partial charge in [0.05, 0.1) is 17.4 Å². The molecule has 2 aliphatic rings. The van der Waals surface area contributed by atoms with Crippen LogP contribution < -0.4 is 15.4 Å². The average Bonchev–Trinajstić information content (AvgIpc) is 3.48. The lowest BCUT2D eigenvalue weighted by atomic mass is 9.79. The Kier molecular flexibility index (Phi) is 6.29. The highest BCUT2D eigenvalue weighted by atomic mass is 32.2. The maximum atomic E-state index is 13.3. The third-order valence-corrected chi connectivity index (χ3v) is 8.35. The first-order valence-corrected chi connectivity index (χ1v) is 13.6. The van der Waals surface area contributed by atoms with Gasteiger partial charge in [-0.25, -0.2) is 18.4 Å². The highest BCUT2D eigenvalue weighted by Gasteiger charge is 2.46. The summed E-state index contributed by atoms with van der Waals surface area (Å²) in [5.41, 5.74) is 6.00. The van der Waals surface area contributed by atoms with E-state index in [0.717, 1.165) is 53.6 Å². The molecule has 1 aliphatic carbocycles. The van der Waals surface area contributed by atoms with E-state index in [1.807, 2.05) is 35.2 Å². The normalized spacial score (nSPS) is 16.1. The van der Waals surface area contributed by atoms with Crippen LogP contribution in [0.4, 0.5) is 10.5 Å². The van der Waals surface area contributed by atoms with Gasteiger partial charge in [-0.15, -0.1) is 0 Å². The van der Waals surface area contributed by atoms with E-state index in [2.05, 4.69) is 23.5 Å². The molecule has 0 atom stereocenters. The minimum Gasteiger partial charge on any atom is -0.334 e. The molecular weight excluding hydrogens is 472 g/mol. The van der Waals surface area contributed by atoms with Crippen LogP contribution in [0.15, 0.2) is 71.6 Å². The Balaban J connectivity index is 1.41. The van der Waals surface area contributed by atoms with Gasteiger partial charge in [0.25, 0.3) is 0 Å². The fraction of sp³-hybridized carbons (Fsp3) is 0.286. The van der Waals surface area contributed by atoms with Crippen LogP contribution in [-0.2, 0) is 28.4 Å². The van der Waals surface area contributed by atoms with E-state index >= 15 is 0 Å². The standard InChI is InChI=1S/C28H28N4O3S/c29-16-13-21-5-1-2-6-24(21)22-9-12-26-25(17-22)28(14-3-4-15-28)19-32(26)27(33)31-18-20-7-10-23(11-8-20)36(30,34)35/h1-2,5-12,17H,3-4,13-15,18-19H2,(H,31,33)(H2,30,34,35). The molecule has 2 amide bonds. The number of nitriles is 1. The van der Waals surface area contributed by atoms with E-state index in [9.17, 15) is 18.5 Å². The fourth-order valence-corrected chi connectivity index (χ4v) is 6.12. The molecule has 1 spiro atoms. The highest BCUT2D eigenvalue weighted by Crippen LogP contribution is 2.51. The number of anilines is 1. The molecule has 1 heterocycles. The van der Waals surface area contributed by atoms with E-state index in [1.165, 1.54) is 17.7 Å². The van der Waals surface area contributed by atoms with Gasteiger partial charge in [-0.2, -0.15) is 5.26 Å². The van der Waals surface area contributed by atoms with Crippen molar-refractivity contribution in [3.8, 4) is 17.2 Å². The summed E-state index contributed by atoms with van der Waals surface area (Å²) in [6, 6.07) is 22.6. The third kappa shape index (κ3) is 4.48. The first-order valence-electron chi connectivity index (χ1n) is 12.1. The van der Waals surface area contributed by atoms with Gasteiger partial charge in [-0.3, -0.25) is 4.90 Å². The van der Waals surface area contributed by atoms with Crippen molar-refractivity contribution < 1.29 is 13.2 Å². The Labute approximate surface area is 211 Å². The molecule has 0 unspecified atom stereocenters. The molecule has 7 nitrogen and oxygen atoms in total. The summed E-state index contributed by atoms with van der Waals surface area (Å²) in [5, 5.41) is 17.4. The summed E-state index contributed by atoms with van der Waals surface area (Å²) in [6.07, 6.45) is 4.72. The summed E-state index contributed by atoms with van der Waals surface area (Å²) in [6.45, 7) is 0.921. The molecule has 0 radical (unpaired) electrons. The minimum absolute atomic E-state index is 0.0429. The van der Waals surface area contributed by atoms with Gasteiger partial charge < -0.3 is 5.32 Å². The Hall–Kier alpha value is -3.67. The summed E-state index contributed by atoms with van der Waals surface area (Å²) in [4.78, 5) is 15.2. The van der Waals surface area contributed by atoms with Crippen molar-refractivity contribution in [1.82, 2.24) is 5.32 Å². The molecule has 184 valence electrons. The lowest BCUT2D eigenvalue weighted by Crippen LogP contribution is -2.41. The van der Waals surface area contributed by atoms with E-state index in [0.29, 0.717) is 13.0 Å². The molecular formula is C28H28N4O3S. The molecule has 5 rings (SSSR count). The Morgan fingerprint density at radius 3 is 2.47 bits per heavy atom. The lowest BCUT2D eigenvalue weighted by Gasteiger charge is -2.25. The van der Waals surface area contributed by atoms with Gasteiger partial charge in [-0.1, -0.05) is 55.3 Å². The fourth-order valence-electron chi connectivity index (χ4n) is 5.61. The first-order chi connectivity index (χ1) is 17.3. The number of nitrogens with two attached hydrogens (primary N) is 1. The second-order valence-corrected chi connectivity index (χ2v) is 11.2. The topological polar surface area (TPSA) is 116 Å². The molecule has 1 saturated carbocycles. The monoisotopic (exact) mass is 500 g/mol. The number of nitrogens with one attached hydrogen (secondary N) is 1. The summed E-state index contributed by atoms with van der Waals surface area (Å²) in [5.74, 6) is 0. The van der Waals surface area contributed by atoms with Crippen LogP contribution in [0.1, 0.15) is 42.4 Å². The number of urea groups is 1. The maximum absolute atomic E-state index is 13.3. The second-order valence-electron chi connectivity index (χ2n) is 9.65. The predicted molar refractivity (Wildman–Crippen MR) is 139 cm³/mol. The predicted octanol–water partition coefficient (Wildman–Crippen LogP) is 4.61. The number of carbonyl (C=O) groups is 1. The van der Waals surface area contributed by atoms with Crippen molar-refractivity contribution in [2.45, 2.75) is 49.0 Å². The van der Waals surface area contributed by atoms with Gasteiger partial charge in [0.15, 0.2) is 0 Å². The molecule has 0 aromatic heterocycles. The van der Waals surface area contributed by atoms with Crippen molar-refractivity contribution >= 4 is 21.7 Å². The van der Waals surface area contributed by atoms with Crippen LogP contribution in [0, 0.1) is 11.3 Å². The number of fused-ring (bicyclic) bond motifs is 2. The quantitative estimate of drug-likeness (QED) is 0.532. The smallest absolute Gasteiger partial charge is 0.322 e. The number of rotatable bonds is 5. The van der Waals surface area contributed by atoms with E-state index < -0.39 is 10.0 Å². The minimum atomic E-state index is -3.75. The molecule has 3 N–H and O–H groups in total. The van der Waals surface area contributed by atoms with E-state index in [1.54, 1.807) is 12.1 Å². The van der Waals surface area contributed by atoms with E-state index in [-0.39, 0.29) is 22.9 Å². The van der Waals surface area contributed by atoms with Gasteiger partial charge in [0.2, 0.25) is 10.0 Å². The number of sulfonamides is 1. The summed E-state index contributed by atoms with van der Waals surface area (Å²) in [7, 11) is -3.75. The lowest BCUT2D eigenvalue weighted by molar-refractivity contribution is 0.245. The molecule has 1 aliphatic heterocycles. The number of hydrogen-bond acceptors (Lipinski definition) is 4. The summed E-state index contributed by atoms with van der Waals surface area (Å²) >= 11 is 0. The van der Waals surface area contributed by atoms with Crippen molar-refractivity contribution in [2.75, 3.05) is 11.4 Å². The van der Waals surface area contributed by atoms with Crippen LogP contribution in [-0.4, -0.2) is 21.0 Å². The highest BCUT2D eigenvalue weighted by molar-refractivity contribution is 7.89. The van der Waals surface area contributed by atoms with Crippen LogP contribution >= 0.6 is 0 Å². The first kappa shape index (κ1) is 24.0. The van der Waals surface area contributed by atoms with Crippen molar-refractivity contribution in [2.24, 2.45) is 5.14 Å². The van der Waals surface area contributed by atoms with Crippen LogP contribution in [0.3, 0.4) is 0 Å². The third-order valence-electron chi connectivity index (χ3n) is 7.42. The average molecular weight is 501 g/mol. The van der Waals surface area contributed by atoms with Gasteiger partial charge in [-0.05, 0) is 64.9 Å². The van der Waals surface area contributed by atoms with Gasteiger partial charge in [0, 0.05) is 24.2 Å². The van der Waals surface area contributed by atoms with E-state index in [4.69, 9.17) is 5.14 Å². The van der Waals surface area contributed by atoms with Crippen LogP contribution in [0.2, 0.25) is 0 Å². The second kappa shape index (κ2) is 9.41. The Morgan fingerprint density at radius 2 is 1.78 bits per heavy atom. The molecule has 1 fully saturated rings. The van der Waals surface area contributed by atoms with Crippen molar-refractivity contribution in [3.05, 3.63) is 83.4 Å². The zero-order valence-corrected chi connectivity index (χ0v) is 20.7. The Bertz CT molecular complexity index is 1450. The summed E-state index contributed by atoms with van der Waals surface area (Å²) < 4.78 is 23.0. The van der Waals surface area contributed by atoms with Crippen LogP contribution in [0.5, 0.6) is 0 Å².